The number of ketones is 1. The molecule has 0 fully saturated rings. The van der Waals surface area contributed by atoms with Crippen LogP contribution in [0.2, 0.25) is 0 Å². The van der Waals surface area contributed by atoms with Crippen LogP contribution in [0, 0.1) is 6.92 Å². The van der Waals surface area contributed by atoms with Gasteiger partial charge in [-0.25, -0.2) is 0 Å². The highest BCUT2D eigenvalue weighted by atomic mass is 32.1. The second kappa shape index (κ2) is 6.03. The number of carbonyl (C=O) groups is 2. The molecule has 2 rings (SSSR count). The smallest absolute Gasteiger partial charge is 0.264 e. The predicted molar refractivity (Wildman–Crippen MR) is 75.0 cm³/mol. The van der Waals surface area contributed by atoms with Gasteiger partial charge in [-0.05, 0) is 43.9 Å². The number of carbonyl (C=O) groups excluding carboxylic acids is 2. The molecule has 0 atom stereocenters. The van der Waals surface area contributed by atoms with Gasteiger partial charge in [0.2, 0.25) is 0 Å². The molecule has 0 saturated carbocycles. The van der Waals surface area contributed by atoms with Crippen molar-refractivity contribution < 1.29 is 9.59 Å². The third-order valence-electron chi connectivity index (χ3n) is 2.52. The maximum Gasteiger partial charge on any atom is 0.264 e. The SMILES string of the molecule is CC(=O)c1ccc(CCNC(=O)c2snnc2C)s1. The molecule has 1 amide bonds. The fourth-order valence-corrected chi connectivity index (χ4v) is 3.00. The van der Waals surface area contributed by atoms with Gasteiger partial charge in [0, 0.05) is 11.4 Å². The summed E-state index contributed by atoms with van der Waals surface area (Å²) in [5.74, 6) is -0.0671. The van der Waals surface area contributed by atoms with Crippen LogP contribution in [-0.4, -0.2) is 27.8 Å². The van der Waals surface area contributed by atoms with Crippen molar-refractivity contribution in [3.63, 3.8) is 0 Å². The van der Waals surface area contributed by atoms with E-state index < -0.39 is 0 Å². The van der Waals surface area contributed by atoms with Crippen molar-refractivity contribution in [3.8, 4) is 0 Å². The number of nitrogens with zero attached hydrogens (tertiary/aromatic N) is 2. The summed E-state index contributed by atoms with van der Waals surface area (Å²) in [6.45, 7) is 3.85. The Morgan fingerprint density at radius 2 is 2.16 bits per heavy atom. The van der Waals surface area contributed by atoms with Gasteiger partial charge in [0.15, 0.2) is 5.78 Å². The number of rotatable bonds is 5. The molecule has 2 aromatic rings. The van der Waals surface area contributed by atoms with Gasteiger partial charge >= 0.3 is 0 Å². The minimum absolute atomic E-state index is 0.0756. The second-order valence-corrected chi connectivity index (χ2v) is 5.94. The maximum absolute atomic E-state index is 11.8. The van der Waals surface area contributed by atoms with Gasteiger partial charge in [0.25, 0.3) is 5.91 Å². The van der Waals surface area contributed by atoms with Crippen molar-refractivity contribution in [1.82, 2.24) is 14.9 Å². The second-order valence-electron chi connectivity index (χ2n) is 4.02. The Kier molecular flexibility index (Phi) is 4.39. The molecular weight excluding hydrogens is 282 g/mol. The topological polar surface area (TPSA) is 72.0 Å². The Morgan fingerprint density at radius 3 is 2.74 bits per heavy atom. The number of nitrogens with one attached hydrogen (secondary N) is 1. The highest BCUT2D eigenvalue weighted by Gasteiger charge is 2.12. The van der Waals surface area contributed by atoms with E-state index in [-0.39, 0.29) is 11.7 Å². The van der Waals surface area contributed by atoms with Gasteiger partial charge in [-0.1, -0.05) is 4.49 Å². The van der Waals surface area contributed by atoms with E-state index in [1.54, 1.807) is 13.8 Å². The Balaban J connectivity index is 1.85. The number of Topliss-reactive ketones (excluding diaryl/α,β-unsaturated/α-hetero) is 1. The zero-order valence-corrected chi connectivity index (χ0v) is 12.2. The normalized spacial score (nSPS) is 10.4. The molecule has 0 spiro atoms. The van der Waals surface area contributed by atoms with Gasteiger partial charge in [-0.15, -0.1) is 16.4 Å². The maximum atomic E-state index is 11.8. The highest BCUT2D eigenvalue weighted by Crippen LogP contribution is 2.17. The summed E-state index contributed by atoms with van der Waals surface area (Å²) in [5.41, 5.74) is 0.650. The lowest BCUT2D eigenvalue weighted by atomic mass is 10.3. The highest BCUT2D eigenvalue weighted by molar-refractivity contribution is 7.14. The Morgan fingerprint density at radius 1 is 1.37 bits per heavy atom. The molecule has 0 aliphatic rings. The van der Waals surface area contributed by atoms with Crippen LogP contribution in [0.15, 0.2) is 12.1 Å². The first-order valence-corrected chi connectivity index (χ1v) is 7.33. The van der Waals surface area contributed by atoms with Crippen LogP contribution in [0.5, 0.6) is 0 Å². The summed E-state index contributed by atoms with van der Waals surface area (Å²) in [6.07, 6.45) is 0.717. The van der Waals surface area contributed by atoms with Crippen LogP contribution in [-0.2, 0) is 6.42 Å². The number of thiophene rings is 1. The van der Waals surface area contributed by atoms with E-state index >= 15 is 0 Å². The molecule has 0 aromatic carbocycles. The molecule has 0 unspecified atom stereocenters. The first-order chi connectivity index (χ1) is 9.08. The quantitative estimate of drug-likeness (QED) is 0.857. The van der Waals surface area contributed by atoms with Gasteiger partial charge < -0.3 is 5.32 Å². The lowest BCUT2D eigenvalue weighted by molar-refractivity contribution is 0.0956. The van der Waals surface area contributed by atoms with Crippen molar-refractivity contribution in [3.05, 3.63) is 32.5 Å². The Labute approximate surface area is 118 Å². The molecule has 0 radical (unpaired) electrons. The summed E-state index contributed by atoms with van der Waals surface area (Å²) >= 11 is 2.57. The van der Waals surface area contributed by atoms with Crippen LogP contribution in [0.4, 0.5) is 0 Å². The first-order valence-electron chi connectivity index (χ1n) is 5.74. The van der Waals surface area contributed by atoms with Crippen LogP contribution in [0.3, 0.4) is 0 Å². The fraction of sp³-hybridized carbons (Fsp3) is 0.333. The number of aromatic nitrogens is 2. The monoisotopic (exact) mass is 295 g/mol. The molecule has 19 heavy (non-hydrogen) atoms. The summed E-state index contributed by atoms with van der Waals surface area (Å²) in [6, 6.07) is 3.74. The number of aryl methyl sites for hydroxylation is 1. The number of hydrogen-bond donors (Lipinski definition) is 1. The standard InChI is InChI=1S/C12H13N3O2S2/c1-7-11(19-15-14-7)12(17)13-6-5-9-3-4-10(18-9)8(2)16/h3-4H,5-6H2,1-2H3,(H,13,17). The van der Waals surface area contributed by atoms with Crippen molar-refractivity contribution in [2.75, 3.05) is 6.54 Å². The molecule has 0 aliphatic heterocycles. The van der Waals surface area contributed by atoms with Crippen molar-refractivity contribution in [2.45, 2.75) is 20.3 Å². The fourth-order valence-electron chi connectivity index (χ4n) is 1.52. The third kappa shape index (κ3) is 3.45. The number of amides is 1. The third-order valence-corrected chi connectivity index (χ3v) is 4.60. The minimum atomic E-state index is -0.143. The van der Waals surface area contributed by atoms with Crippen molar-refractivity contribution in [2.24, 2.45) is 0 Å². The largest absolute Gasteiger partial charge is 0.351 e. The molecule has 2 heterocycles. The number of hydrogen-bond acceptors (Lipinski definition) is 6. The summed E-state index contributed by atoms with van der Waals surface area (Å²) in [4.78, 5) is 25.4. The summed E-state index contributed by atoms with van der Waals surface area (Å²) in [5, 5.41) is 6.63. The van der Waals surface area contributed by atoms with E-state index in [1.165, 1.54) is 11.3 Å². The van der Waals surface area contributed by atoms with Crippen LogP contribution in [0.25, 0.3) is 0 Å². The van der Waals surface area contributed by atoms with Crippen LogP contribution in [0.1, 0.15) is 36.8 Å². The lowest BCUT2D eigenvalue weighted by Crippen LogP contribution is -2.25. The summed E-state index contributed by atoms with van der Waals surface area (Å²) in [7, 11) is 0. The van der Waals surface area contributed by atoms with Crippen molar-refractivity contribution in [1.29, 1.82) is 0 Å². The van der Waals surface area contributed by atoms with Gasteiger partial charge in [0.05, 0.1) is 10.6 Å². The van der Waals surface area contributed by atoms with E-state index in [2.05, 4.69) is 14.9 Å². The minimum Gasteiger partial charge on any atom is -0.351 e. The van der Waals surface area contributed by atoms with E-state index in [0.29, 0.717) is 17.1 Å². The molecule has 7 heteroatoms. The molecule has 1 N–H and O–H groups in total. The van der Waals surface area contributed by atoms with Crippen LogP contribution < -0.4 is 5.32 Å². The van der Waals surface area contributed by atoms with Crippen LogP contribution >= 0.6 is 22.9 Å². The Bertz CT molecular complexity index is 604. The average molecular weight is 295 g/mol. The van der Waals surface area contributed by atoms with E-state index in [1.807, 2.05) is 12.1 Å². The van der Waals surface area contributed by atoms with E-state index in [0.717, 1.165) is 27.7 Å². The molecule has 0 aliphatic carbocycles. The van der Waals surface area contributed by atoms with E-state index in [4.69, 9.17) is 0 Å². The molecule has 100 valence electrons. The average Bonchev–Trinajstić information content (AvgIpc) is 2.97. The molecule has 5 nitrogen and oxygen atoms in total. The van der Waals surface area contributed by atoms with E-state index in [9.17, 15) is 9.59 Å². The molecule has 0 saturated heterocycles. The van der Waals surface area contributed by atoms with Gasteiger partial charge in [-0.2, -0.15) is 0 Å². The predicted octanol–water partition coefficient (Wildman–Crippen LogP) is 2.08. The molecule has 2 aromatic heterocycles. The Hall–Kier alpha value is -1.60. The zero-order valence-electron chi connectivity index (χ0n) is 10.6. The van der Waals surface area contributed by atoms with Gasteiger partial charge in [0.1, 0.15) is 4.88 Å². The zero-order chi connectivity index (χ0) is 13.8. The molecule has 0 bridgehead atoms. The van der Waals surface area contributed by atoms with Crippen molar-refractivity contribution >= 4 is 34.6 Å². The first kappa shape index (κ1) is 13.8. The molecular formula is C12H13N3O2S2. The van der Waals surface area contributed by atoms with Gasteiger partial charge in [-0.3, -0.25) is 9.59 Å². The summed E-state index contributed by atoms with van der Waals surface area (Å²) < 4.78 is 3.73. The lowest BCUT2D eigenvalue weighted by Gasteiger charge is -2.01.